The Balaban J connectivity index is 2.20. The quantitative estimate of drug-likeness (QED) is 0.497. The fraction of sp³-hybridized carbons (Fsp3) is 0.417. The van der Waals surface area contributed by atoms with Crippen LogP contribution in [0.3, 0.4) is 0 Å². The van der Waals surface area contributed by atoms with Crippen LogP contribution in [0.2, 0.25) is 5.02 Å². The van der Waals surface area contributed by atoms with Crippen LogP contribution in [0.1, 0.15) is 16.8 Å². The van der Waals surface area contributed by atoms with E-state index in [1.165, 1.54) is 6.07 Å². The van der Waals surface area contributed by atoms with E-state index in [1.54, 1.807) is 0 Å². The second-order valence-corrected chi connectivity index (χ2v) is 5.28. The number of halogens is 1. The second-order valence-electron chi connectivity index (χ2n) is 4.87. The number of hydrogen-bond acceptors (Lipinski definition) is 5. The molecule has 0 aromatic heterocycles. The molecule has 1 fully saturated rings. The number of amides is 1. The van der Waals surface area contributed by atoms with E-state index in [0.717, 1.165) is 25.6 Å². The smallest absolute Gasteiger partial charge is 0.294 e. The molecule has 2 rings (SSSR count). The maximum absolute atomic E-state index is 12.1. The van der Waals surface area contributed by atoms with Crippen molar-refractivity contribution in [2.75, 3.05) is 25.9 Å². The van der Waals surface area contributed by atoms with Gasteiger partial charge in [-0.15, -0.1) is 0 Å². The Bertz CT molecular complexity index is 564. The summed E-state index contributed by atoms with van der Waals surface area (Å²) >= 11 is 5.83. The molecular weight excluding hydrogens is 284 g/mol. The lowest BCUT2D eigenvalue weighted by atomic mass is 10.1. The van der Waals surface area contributed by atoms with Crippen molar-refractivity contribution in [1.29, 1.82) is 0 Å². The first-order valence-corrected chi connectivity index (χ1v) is 6.49. The number of nitrogens with one attached hydrogen (secondary N) is 1. The van der Waals surface area contributed by atoms with Crippen LogP contribution >= 0.6 is 11.6 Å². The molecule has 1 unspecified atom stereocenters. The number of anilines is 1. The summed E-state index contributed by atoms with van der Waals surface area (Å²) < 4.78 is 0. The topological polar surface area (TPSA) is 102 Å². The van der Waals surface area contributed by atoms with Gasteiger partial charge in [-0.1, -0.05) is 11.6 Å². The van der Waals surface area contributed by atoms with Gasteiger partial charge in [-0.3, -0.25) is 14.9 Å². The number of benzene rings is 1. The molecule has 0 radical (unpaired) electrons. The van der Waals surface area contributed by atoms with Crippen LogP contribution in [0.5, 0.6) is 0 Å². The first-order chi connectivity index (χ1) is 9.38. The Morgan fingerprint density at radius 2 is 2.30 bits per heavy atom. The second kappa shape index (κ2) is 5.64. The van der Waals surface area contributed by atoms with Crippen molar-refractivity contribution in [3.63, 3.8) is 0 Å². The van der Waals surface area contributed by atoms with E-state index in [-0.39, 0.29) is 33.9 Å². The molecule has 1 atom stereocenters. The molecule has 8 heteroatoms. The lowest BCUT2D eigenvalue weighted by Crippen LogP contribution is -2.36. The van der Waals surface area contributed by atoms with Gasteiger partial charge in [0, 0.05) is 24.2 Å². The first-order valence-electron chi connectivity index (χ1n) is 6.11. The van der Waals surface area contributed by atoms with Crippen LogP contribution < -0.4 is 11.1 Å². The molecular formula is C12H15ClN4O3. The Hall–Kier alpha value is -1.86. The van der Waals surface area contributed by atoms with Crippen LogP contribution in [0.25, 0.3) is 0 Å². The van der Waals surface area contributed by atoms with E-state index in [1.807, 2.05) is 7.05 Å². The zero-order chi connectivity index (χ0) is 14.9. The van der Waals surface area contributed by atoms with Gasteiger partial charge in [0.1, 0.15) is 5.69 Å². The minimum absolute atomic E-state index is 0.00731. The Morgan fingerprint density at radius 3 is 2.85 bits per heavy atom. The highest BCUT2D eigenvalue weighted by Crippen LogP contribution is 2.30. The van der Waals surface area contributed by atoms with E-state index in [0.29, 0.717) is 0 Å². The highest BCUT2D eigenvalue weighted by Gasteiger charge is 2.24. The summed E-state index contributed by atoms with van der Waals surface area (Å²) in [6.07, 6.45) is 0.854. The highest BCUT2D eigenvalue weighted by molar-refractivity contribution is 6.34. The van der Waals surface area contributed by atoms with Crippen molar-refractivity contribution < 1.29 is 9.72 Å². The maximum atomic E-state index is 12.1. The molecule has 20 heavy (non-hydrogen) atoms. The van der Waals surface area contributed by atoms with Crippen molar-refractivity contribution in [1.82, 2.24) is 10.2 Å². The molecule has 7 nitrogen and oxygen atoms in total. The Labute approximate surface area is 120 Å². The van der Waals surface area contributed by atoms with Gasteiger partial charge in [-0.25, -0.2) is 0 Å². The van der Waals surface area contributed by atoms with Gasteiger partial charge in [0.25, 0.3) is 11.6 Å². The summed E-state index contributed by atoms with van der Waals surface area (Å²) in [7, 11) is 1.97. The van der Waals surface area contributed by atoms with Crippen LogP contribution in [-0.4, -0.2) is 41.9 Å². The van der Waals surface area contributed by atoms with Crippen LogP contribution in [0, 0.1) is 10.1 Å². The minimum atomic E-state index is -0.651. The largest absolute Gasteiger partial charge is 0.392 e. The minimum Gasteiger partial charge on any atom is -0.392 e. The summed E-state index contributed by atoms with van der Waals surface area (Å²) in [5.41, 5.74) is 5.18. The lowest BCUT2D eigenvalue weighted by Gasteiger charge is -2.13. The number of nitrogens with zero attached hydrogens (tertiary/aromatic N) is 2. The lowest BCUT2D eigenvalue weighted by molar-refractivity contribution is -0.383. The number of likely N-dealkylation sites (N-methyl/N-ethyl adjacent to an activating group) is 1. The summed E-state index contributed by atoms with van der Waals surface area (Å²) in [6.45, 7) is 1.67. The SMILES string of the molecule is CN1CCC(NC(=O)c2cc(Cl)c(N)c([N+](=O)[O-])c2)C1. The summed E-state index contributed by atoms with van der Waals surface area (Å²) in [5.74, 6) is -0.379. The van der Waals surface area contributed by atoms with E-state index in [4.69, 9.17) is 17.3 Å². The van der Waals surface area contributed by atoms with Gasteiger partial charge >= 0.3 is 0 Å². The number of rotatable bonds is 3. The maximum Gasteiger partial charge on any atom is 0.294 e. The number of hydrogen-bond donors (Lipinski definition) is 2. The third kappa shape index (κ3) is 3.00. The molecule has 0 bridgehead atoms. The number of carbonyl (C=O) groups excluding carboxylic acids is 1. The molecule has 1 aromatic rings. The molecule has 1 aliphatic heterocycles. The van der Waals surface area contributed by atoms with Gasteiger partial charge in [-0.05, 0) is 26.1 Å². The van der Waals surface area contributed by atoms with Gasteiger partial charge in [0.15, 0.2) is 0 Å². The molecule has 0 spiro atoms. The van der Waals surface area contributed by atoms with Crippen LogP contribution in [0.15, 0.2) is 12.1 Å². The van der Waals surface area contributed by atoms with Gasteiger partial charge in [-0.2, -0.15) is 0 Å². The summed E-state index contributed by atoms with van der Waals surface area (Å²) in [4.78, 5) is 24.4. The average molecular weight is 299 g/mol. The van der Waals surface area contributed by atoms with E-state index in [2.05, 4.69) is 10.2 Å². The normalized spacial score (nSPS) is 19.0. The monoisotopic (exact) mass is 298 g/mol. The Morgan fingerprint density at radius 1 is 1.60 bits per heavy atom. The number of nitrogen functional groups attached to an aromatic ring is 1. The molecule has 1 aliphatic rings. The fourth-order valence-corrected chi connectivity index (χ4v) is 2.42. The van der Waals surface area contributed by atoms with Gasteiger partial charge < -0.3 is 16.0 Å². The third-order valence-corrected chi connectivity index (χ3v) is 3.61. The van der Waals surface area contributed by atoms with Gasteiger partial charge in [0.2, 0.25) is 0 Å². The number of nitrogens with two attached hydrogens (primary N) is 1. The predicted molar refractivity (Wildman–Crippen MR) is 75.9 cm³/mol. The fourth-order valence-electron chi connectivity index (χ4n) is 2.21. The number of likely N-dealkylation sites (tertiary alicyclic amines) is 1. The number of nitro groups is 1. The van der Waals surface area contributed by atoms with Crippen molar-refractivity contribution in [3.05, 3.63) is 32.8 Å². The van der Waals surface area contributed by atoms with Crippen LogP contribution in [-0.2, 0) is 0 Å². The number of carbonyl (C=O) groups is 1. The summed E-state index contributed by atoms with van der Waals surface area (Å²) in [5, 5.41) is 13.7. The zero-order valence-electron chi connectivity index (χ0n) is 10.9. The van der Waals surface area contributed by atoms with E-state index < -0.39 is 4.92 Å². The molecule has 1 saturated heterocycles. The molecule has 3 N–H and O–H groups in total. The standard InChI is InChI=1S/C12H15ClN4O3/c1-16-3-2-8(6-16)15-12(18)7-4-9(13)11(14)10(5-7)17(19)20/h4-5,8H,2-3,6,14H2,1H3,(H,15,18). The third-order valence-electron chi connectivity index (χ3n) is 3.29. The zero-order valence-corrected chi connectivity index (χ0v) is 11.7. The molecule has 1 aromatic carbocycles. The summed E-state index contributed by atoms with van der Waals surface area (Å²) in [6, 6.07) is 2.54. The molecule has 1 heterocycles. The first kappa shape index (κ1) is 14.5. The van der Waals surface area contributed by atoms with Crippen molar-refractivity contribution in [2.45, 2.75) is 12.5 Å². The van der Waals surface area contributed by atoms with Crippen molar-refractivity contribution in [2.24, 2.45) is 0 Å². The van der Waals surface area contributed by atoms with Crippen LogP contribution in [0.4, 0.5) is 11.4 Å². The van der Waals surface area contributed by atoms with Gasteiger partial charge in [0.05, 0.1) is 9.95 Å². The van der Waals surface area contributed by atoms with E-state index in [9.17, 15) is 14.9 Å². The average Bonchev–Trinajstić information content (AvgIpc) is 2.77. The Kier molecular flexibility index (Phi) is 4.10. The molecule has 108 valence electrons. The highest BCUT2D eigenvalue weighted by atomic mass is 35.5. The predicted octanol–water partition coefficient (Wildman–Crippen LogP) is 1.26. The number of nitro benzene ring substituents is 1. The van der Waals surface area contributed by atoms with E-state index >= 15 is 0 Å². The molecule has 0 saturated carbocycles. The van der Waals surface area contributed by atoms with Crippen molar-refractivity contribution >= 4 is 28.9 Å². The molecule has 0 aliphatic carbocycles. The van der Waals surface area contributed by atoms with Crippen molar-refractivity contribution in [3.8, 4) is 0 Å². The molecule has 1 amide bonds.